The standard InChI is InChI=1S/C21H29N3O3/c1-14(2)12-23-21(25)11-17(15-6-4-3-5-7-15)19-13-22-20-9-8-16(24(26)27)10-18(19)20/h8-10,13-15,17,22H,3-7,11-12H2,1-2H3,(H,23,25)/t17-/m1/s1. The molecule has 6 heteroatoms. The molecule has 146 valence electrons. The fourth-order valence-corrected chi connectivity index (χ4v) is 4.21. The molecule has 2 N–H and O–H groups in total. The number of aromatic nitrogens is 1. The summed E-state index contributed by atoms with van der Waals surface area (Å²) in [4.78, 5) is 26.7. The number of hydrogen-bond acceptors (Lipinski definition) is 3. The monoisotopic (exact) mass is 371 g/mol. The van der Waals surface area contributed by atoms with Crippen LogP contribution in [0.1, 0.15) is 63.9 Å². The van der Waals surface area contributed by atoms with E-state index >= 15 is 0 Å². The Morgan fingerprint density at radius 2 is 2.04 bits per heavy atom. The number of nitrogens with one attached hydrogen (secondary N) is 2. The third-order valence-electron chi connectivity index (χ3n) is 5.64. The first-order chi connectivity index (χ1) is 13.0. The summed E-state index contributed by atoms with van der Waals surface area (Å²) in [7, 11) is 0. The van der Waals surface area contributed by atoms with E-state index in [2.05, 4.69) is 24.1 Å². The Kier molecular flexibility index (Phi) is 6.14. The maximum atomic E-state index is 12.6. The predicted octanol–water partition coefficient (Wildman–Crippen LogP) is 4.90. The molecule has 1 aliphatic rings. The molecule has 0 aliphatic heterocycles. The number of amides is 1. The van der Waals surface area contributed by atoms with E-state index < -0.39 is 0 Å². The smallest absolute Gasteiger partial charge is 0.270 e. The van der Waals surface area contributed by atoms with E-state index in [4.69, 9.17) is 0 Å². The number of nitro benzene ring substituents is 1. The van der Waals surface area contributed by atoms with Gasteiger partial charge < -0.3 is 10.3 Å². The highest BCUT2D eigenvalue weighted by Gasteiger charge is 2.29. The van der Waals surface area contributed by atoms with Crippen molar-refractivity contribution in [2.24, 2.45) is 11.8 Å². The van der Waals surface area contributed by atoms with Gasteiger partial charge in [-0.2, -0.15) is 0 Å². The van der Waals surface area contributed by atoms with Crippen LogP contribution in [0.25, 0.3) is 10.9 Å². The summed E-state index contributed by atoms with van der Waals surface area (Å²) in [5.74, 6) is 1.02. The highest BCUT2D eigenvalue weighted by Crippen LogP contribution is 2.41. The molecule has 27 heavy (non-hydrogen) atoms. The molecule has 1 aromatic carbocycles. The Morgan fingerprint density at radius 1 is 1.30 bits per heavy atom. The first-order valence-electron chi connectivity index (χ1n) is 9.98. The van der Waals surface area contributed by atoms with Crippen LogP contribution in [0.2, 0.25) is 0 Å². The number of aromatic amines is 1. The van der Waals surface area contributed by atoms with Crippen LogP contribution >= 0.6 is 0 Å². The molecular weight excluding hydrogens is 342 g/mol. The number of carbonyl (C=O) groups is 1. The minimum Gasteiger partial charge on any atom is -0.361 e. The SMILES string of the molecule is CC(C)CNC(=O)C[C@@H](c1c[nH]c2ccc([N+](=O)[O-])cc12)C1CCCCC1. The predicted molar refractivity (Wildman–Crippen MR) is 107 cm³/mol. The summed E-state index contributed by atoms with van der Waals surface area (Å²) in [5.41, 5.74) is 2.02. The van der Waals surface area contributed by atoms with E-state index in [1.165, 1.54) is 25.3 Å². The molecule has 1 fully saturated rings. The zero-order chi connectivity index (χ0) is 19.4. The summed E-state index contributed by atoms with van der Waals surface area (Å²) < 4.78 is 0. The molecule has 0 saturated heterocycles. The number of rotatable bonds is 7. The maximum Gasteiger partial charge on any atom is 0.270 e. The maximum absolute atomic E-state index is 12.6. The Bertz CT molecular complexity index is 806. The Morgan fingerprint density at radius 3 is 2.70 bits per heavy atom. The van der Waals surface area contributed by atoms with Gasteiger partial charge in [0.25, 0.3) is 5.69 Å². The van der Waals surface area contributed by atoms with Crippen LogP contribution in [0.3, 0.4) is 0 Å². The van der Waals surface area contributed by atoms with Gasteiger partial charge in [0, 0.05) is 42.2 Å². The lowest BCUT2D eigenvalue weighted by molar-refractivity contribution is -0.384. The van der Waals surface area contributed by atoms with Gasteiger partial charge in [0.15, 0.2) is 0 Å². The zero-order valence-electron chi connectivity index (χ0n) is 16.2. The molecule has 1 saturated carbocycles. The average molecular weight is 371 g/mol. The van der Waals surface area contributed by atoms with Crippen molar-refractivity contribution in [3.8, 4) is 0 Å². The summed E-state index contributed by atoms with van der Waals surface area (Å²) in [6, 6.07) is 4.92. The van der Waals surface area contributed by atoms with E-state index in [-0.39, 0.29) is 22.4 Å². The normalized spacial score (nSPS) is 16.6. The number of carbonyl (C=O) groups excluding carboxylic acids is 1. The van der Waals surface area contributed by atoms with Crippen molar-refractivity contribution in [3.05, 3.63) is 40.1 Å². The van der Waals surface area contributed by atoms with Gasteiger partial charge in [-0.1, -0.05) is 33.1 Å². The molecule has 1 aromatic heterocycles. The third-order valence-corrected chi connectivity index (χ3v) is 5.64. The second kappa shape index (κ2) is 8.55. The van der Waals surface area contributed by atoms with Gasteiger partial charge in [-0.15, -0.1) is 0 Å². The highest BCUT2D eigenvalue weighted by atomic mass is 16.6. The van der Waals surface area contributed by atoms with Crippen molar-refractivity contribution < 1.29 is 9.72 Å². The Balaban J connectivity index is 1.91. The number of nitro groups is 1. The molecule has 0 bridgehead atoms. The molecule has 0 radical (unpaired) electrons. The van der Waals surface area contributed by atoms with Crippen LogP contribution < -0.4 is 5.32 Å². The molecule has 1 atom stereocenters. The van der Waals surface area contributed by atoms with Crippen LogP contribution in [0, 0.1) is 22.0 Å². The number of nitrogens with zero attached hydrogens (tertiary/aromatic N) is 1. The molecule has 1 amide bonds. The molecule has 3 rings (SSSR count). The Labute approximate surface area is 159 Å². The number of benzene rings is 1. The Hall–Kier alpha value is -2.37. The zero-order valence-corrected chi connectivity index (χ0v) is 16.2. The molecule has 6 nitrogen and oxygen atoms in total. The topological polar surface area (TPSA) is 88.0 Å². The van der Waals surface area contributed by atoms with Crippen molar-refractivity contribution in [1.29, 1.82) is 0 Å². The van der Waals surface area contributed by atoms with E-state index in [0.717, 1.165) is 29.3 Å². The van der Waals surface area contributed by atoms with Gasteiger partial charge >= 0.3 is 0 Å². The first-order valence-corrected chi connectivity index (χ1v) is 9.98. The molecule has 0 unspecified atom stereocenters. The van der Waals surface area contributed by atoms with Gasteiger partial charge in [-0.25, -0.2) is 0 Å². The number of fused-ring (bicyclic) bond motifs is 1. The first kappa shape index (κ1) is 19.4. The highest BCUT2D eigenvalue weighted by molar-refractivity contribution is 5.87. The van der Waals surface area contributed by atoms with Crippen molar-refractivity contribution in [1.82, 2.24) is 10.3 Å². The lowest BCUT2D eigenvalue weighted by atomic mass is 9.75. The van der Waals surface area contributed by atoms with Crippen molar-refractivity contribution in [3.63, 3.8) is 0 Å². The van der Waals surface area contributed by atoms with Crippen molar-refractivity contribution in [2.75, 3.05) is 6.54 Å². The van der Waals surface area contributed by atoms with Crippen LogP contribution in [-0.4, -0.2) is 22.4 Å². The molecule has 0 spiro atoms. The minimum atomic E-state index is -0.360. The second-order valence-corrected chi connectivity index (χ2v) is 8.14. The van der Waals surface area contributed by atoms with Crippen molar-refractivity contribution >= 4 is 22.5 Å². The van der Waals surface area contributed by atoms with Gasteiger partial charge in [-0.3, -0.25) is 14.9 Å². The quantitative estimate of drug-likeness (QED) is 0.536. The lowest BCUT2D eigenvalue weighted by Crippen LogP contribution is -2.30. The molecule has 2 aromatic rings. The summed E-state index contributed by atoms with van der Waals surface area (Å²) in [5, 5.41) is 15.1. The number of hydrogen-bond donors (Lipinski definition) is 2. The molecule has 1 aliphatic carbocycles. The van der Waals surface area contributed by atoms with Gasteiger partial charge in [0.05, 0.1) is 4.92 Å². The fourth-order valence-electron chi connectivity index (χ4n) is 4.21. The fraction of sp³-hybridized carbons (Fsp3) is 0.571. The van der Waals surface area contributed by atoms with E-state index in [9.17, 15) is 14.9 Å². The summed E-state index contributed by atoms with van der Waals surface area (Å²) >= 11 is 0. The number of H-pyrrole nitrogens is 1. The third kappa shape index (κ3) is 4.67. The van der Waals surface area contributed by atoms with E-state index in [1.807, 2.05) is 6.20 Å². The van der Waals surface area contributed by atoms with Crippen LogP contribution in [0.5, 0.6) is 0 Å². The van der Waals surface area contributed by atoms with Crippen LogP contribution in [0.4, 0.5) is 5.69 Å². The molecular formula is C21H29N3O3. The minimum absolute atomic E-state index is 0.0686. The van der Waals surface area contributed by atoms with E-state index in [1.54, 1.807) is 12.1 Å². The summed E-state index contributed by atoms with van der Waals surface area (Å²) in [6.45, 7) is 4.84. The van der Waals surface area contributed by atoms with Gasteiger partial charge in [-0.05, 0) is 42.2 Å². The average Bonchev–Trinajstić information content (AvgIpc) is 3.08. The second-order valence-electron chi connectivity index (χ2n) is 8.14. The van der Waals surface area contributed by atoms with Crippen LogP contribution in [-0.2, 0) is 4.79 Å². The van der Waals surface area contributed by atoms with Crippen LogP contribution in [0.15, 0.2) is 24.4 Å². The molecule has 1 heterocycles. The largest absolute Gasteiger partial charge is 0.361 e. The van der Waals surface area contributed by atoms with Crippen molar-refractivity contribution in [2.45, 2.75) is 58.3 Å². The number of non-ortho nitro benzene ring substituents is 1. The van der Waals surface area contributed by atoms with Gasteiger partial charge in [0.2, 0.25) is 5.91 Å². The lowest BCUT2D eigenvalue weighted by Gasteiger charge is -2.30. The van der Waals surface area contributed by atoms with Gasteiger partial charge in [0.1, 0.15) is 0 Å². The van der Waals surface area contributed by atoms with E-state index in [0.29, 0.717) is 24.8 Å². The summed E-state index contributed by atoms with van der Waals surface area (Å²) in [6.07, 6.45) is 8.25.